The lowest BCUT2D eigenvalue weighted by atomic mass is 10.1. The molecule has 41 heavy (non-hydrogen) atoms. The lowest BCUT2D eigenvalue weighted by Crippen LogP contribution is -2.11. The molecule has 204 valence electrons. The first-order chi connectivity index (χ1) is 19.8. The summed E-state index contributed by atoms with van der Waals surface area (Å²) in [6.07, 6.45) is 7.68. The minimum absolute atomic E-state index is 0.157. The van der Waals surface area contributed by atoms with Crippen molar-refractivity contribution >= 4 is 50.0 Å². The van der Waals surface area contributed by atoms with E-state index < -0.39 is 14.9 Å². The first kappa shape index (κ1) is 26.1. The molecule has 0 radical (unpaired) electrons. The summed E-state index contributed by atoms with van der Waals surface area (Å²) in [6.45, 7) is 0.342. The molecule has 0 amide bonds. The van der Waals surface area contributed by atoms with Gasteiger partial charge in [0, 0.05) is 35.0 Å². The molecule has 0 fully saturated rings. The van der Waals surface area contributed by atoms with Gasteiger partial charge in [0.15, 0.2) is 0 Å². The summed E-state index contributed by atoms with van der Waals surface area (Å²) in [7, 11) is -3.89. The van der Waals surface area contributed by atoms with Gasteiger partial charge in [-0.2, -0.15) is 5.10 Å². The number of anilines is 2. The molecule has 12 nitrogen and oxygen atoms in total. The molecule has 0 aliphatic carbocycles. The number of hydrogen-bond acceptors (Lipinski definition) is 9. The maximum atomic E-state index is 13.5. The maximum Gasteiger partial charge on any atom is 0.363 e. The van der Waals surface area contributed by atoms with Crippen LogP contribution >= 0.6 is 11.6 Å². The van der Waals surface area contributed by atoms with Gasteiger partial charge in [0.05, 0.1) is 45.8 Å². The number of benzene rings is 2. The van der Waals surface area contributed by atoms with Crippen molar-refractivity contribution in [2.24, 2.45) is 0 Å². The van der Waals surface area contributed by atoms with Crippen LogP contribution < -0.4 is 5.32 Å². The Morgan fingerprint density at radius 2 is 1.71 bits per heavy atom. The average Bonchev–Trinajstić information content (AvgIpc) is 3.59. The Hall–Kier alpha value is -5.14. The third kappa shape index (κ3) is 5.11. The van der Waals surface area contributed by atoms with E-state index in [0.717, 1.165) is 5.56 Å². The highest BCUT2D eigenvalue weighted by atomic mass is 35.5. The predicted molar refractivity (Wildman–Crippen MR) is 153 cm³/mol. The minimum Gasteiger partial charge on any atom is -0.358 e. The number of pyridine rings is 1. The summed E-state index contributed by atoms with van der Waals surface area (Å²) in [5.41, 5.74) is 2.68. The van der Waals surface area contributed by atoms with Gasteiger partial charge in [0.1, 0.15) is 6.20 Å². The number of rotatable bonds is 8. The number of para-hydroxylation sites is 1. The lowest BCUT2D eigenvalue weighted by molar-refractivity contribution is -0.389. The fraction of sp³-hybridized carbons (Fsp3) is 0.0370. The smallest absolute Gasteiger partial charge is 0.358 e. The molecule has 0 aliphatic heterocycles. The van der Waals surface area contributed by atoms with Crippen molar-refractivity contribution in [2.75, 3.05) is 5.32 Å². The SMILES string of the molecule is O=[N+]([O-])c1ccc(Cn2cc(Nc3ncc(Cl)c(-c4cn(S(=O)(=O)c5ccccc5)c5ccccc45)n3)cn2)cn1. The van der Waals surface area contributed by atoms with E-state index in [1.54, 1.807) is 65.6 Å². The first-order valence-electron chi connectivity index (χ1n) is 12.1. The van der Waals surface area contributed by atoms with E-state index in [4.69, 9.17) is 11.6 Å². The van der Waals surface area contributed by atoms with E-state index in [2.05, 4.69) is 25.4 Å². The van der Waals surface area contributed by atoms with Crippen LogP contribution in [0.25, 0.3) is 22.2 Å². The Balaban J connectivity index is 1.31. The van der Waals surface area contributed by atoms with Crippen molar-refractivity contribution in [3.8, 4) is 11.3 Å². The molecule has 4 heterocycles. The quantitative estimate of drug-likeness (QED) is 0.185. The van der Waals surface area contributed by atoms with Gasteiger partial charge in [-0.15, -0.1) is 0 Å². The molecule has 6 aromatic rings. The summed E-state index contributed by atoms with van der Waals surface area (Å²) >= 11 is 6.52. The molecule has 0 aliphatic rings. The number of nitrogens with zero attached hydrogens (tertiary/aromatic N) is 7. The Bertz CT molecular complexity index is 2010. The molecule has 1 N–H and O–H groups in total. The Morgan fingerprint density at radius 1 is 0.927 bits per heavy atom. The highest BCUT2D eigenvalue weighted by molar-refractivity contribution is 7.90. The van der Waals surface area contributed by atoms with Crippen LogP contribution in [-0.4, -0.2) is 42.0 Å². The van der Waals surface area contributed by atoms with E-state index in [1.165, 1.54) is 28.6 Å². The van der Waals surface area contributed by atoms with Gasteiger partial charge in [-0.05, 0) is 34.2 Å². The molecular formula is C27H19ClN8O4S. The van der Waals surface area contributed by atoms with Crippen molar-refractivity contribution in [1.29, 1.82) is 0 Å². The summed E-state index contributed by atoms with van der Waals surface area (Å²) < 4.78 is 29.9. The summed E-state index contributed by atoms with van der Waals surface area (Å²) in [5, 5.41) is 19.1. The number of hydrogen-bond donors (Lipinski definition) is 1. The zero-order valence-electron chi connectivity index (χ0n) is 21.0. The fourth-order valence-electron chi connectivity index (χ4n) is 4.31. The van der Waals surface area contributed by atoms with E-state index in [9.17, 15) is 18.5 Å². The van der Waals surface area contributed by atoms with Gasteiger partial charge in [-0.3, -0.25) is 4.68 Å². The molecule has 14 heteroatoms. The van der Waals surface area contributed by atoms with Crippen LogP contribution in [0.15, 0.2) is 103 Å². The molecule has 0 unspecified atom stereocenters. The highest BCUT2D eigenvalue weighted by Crippen LogP contribution is 2.36. The highest BCUT2D eigenvalue weighted by Gasteiger charge is 2.23. The van der Waals surface area contributed by atoms with Gasteiger partial charge in [-0.25, -0.2) is 22.4 Å². The van der Waals surface area contributed by atoms with E-state index >= 15 is 0 Å². The lowest BCUT2D eigenvalue weighted by Gasteiger charge is -2.07. The fourth-order valence-corrected chi connectivity index (χ4v) is 5.89. The molecule has 6 rings (SSSR count). The molecule has 2 aromatic carbocycles. The molecule has 4 aromatic heterocycles. The zero-order chi connectivity index (χ0) is 28.6. The number of nitro groups is 1. The Kier molecular flexibility index (Phi) is 6.65. The second-order valence-corrected chi connectivity index (χ2v) is 11.1. The molecule has 0 saturated heterocycles. The summed E-state index contributed by atoms with van der Waals surface area (Å²) in [5.74, 6) is -0.00301. The Labute approximate surface area is 238 Å². The van der Waals surface area contributed by atoms with Crippen LogP contribution in [0.3, 0.4) is 0 Å². The largest absolute Gasteiger partial charge is 0.363 e. The number of halogens is 1. The van der Waals surface area contributed by atoms with Crippen molar-refractivity contribution in [2.45, 2.75) is 11.4 Å². The molecule has 0 atom stereocenters. The van der Waals surface area contributed by atoms with E-state index in [0.29, 0.717) is 34.4 Å². The third-order valence-corrected chi connectivity index (χ3v) is 8.17. The van der Waals surface area contributed by atoms with E-state index in [1.807, 2.05) is 12.1 Å². The van der Waals surface area contributed by atoms with E-state index in [-0.39, 0.29) is 21.7 Å². The van der Waals surface area contributed by atoms with Gasteiger partial charge in [0.2, 0.25) is 5.95 Å². The van der Waals surface area contributed by atoms with Gasteiger partial charge >= 0.3 is 5.82 Å². The molecular weight excluding hydrogens is 568 g/mol. The minimum atomic E-state index is -3.89. The van der Waals surface area contributed by atoms with Gasteiger partial charge in [-0.1, -0.05) is 48.0 Å². The van der Waals surface area contributed by atoms with Crippen LogP contribution in [0.2, 0.25) is 5.02 Å². The molecule has 0 bridgehead atoms. The van der Waals surface area contributed by atoms with Crippen LogP contribution in [0.1, 0.15) is 5.56 Å². The molecule has 0 spiro atoms. The van der Waals surface area contributed by atoms with Crippen molar-refractivity contribution in [3.63, 3.8) is 0 Å². The topological polar surface area (TPSA) is 151 Å². The normalized spacial score (nSPS) is 11.5. The van der Waals surface area contributed by atoms with Crippen molar-refractivity contribution in [1.82, 2.24) is 28.7 Å². The van der Waals surface area contributed by atoms with Crippen LogP contribution in [0.4, 0.5) is 17.5 Å². The zero-order valence-corrected chi connectivity index (χ0v) is 22.6. The monoisotopic (exact) mass is 586 g/mol. The standard InChI is InChI=1S/C27H19ClN8O4S/c28-23-14-30-27(32-19-13-31-34(16-19)15-18-10-11-25(29-12-18)36(37)38)33-26(23)22-17-35(24-9-5-4-8-21(22)24)41(39,40)20-6-2-1-3-7-20/h1-14,16-17H,15H2,(H,30,32,33). The van der Waals surface area contributed by atoms with Crippen molar-refractivity contribution in [3.05, 3.63) is 118 Å². The first-order valence-corrected chi connectivity index (χ1v) is 13.9. The average molecular weight is 587 g/mol. The maximum absolute atomic E-state index is 13.5. The van der Waals surface area contributed by atoms with Crippen LogP contribution in [0.5, 0.6) is 0 Å². The number of nitrogens with one attached hydrogen (secondary N) is 1. The van der Waals surface area contributed by atoms with Crippen LogP contribution in [-0.2, 0) is 16.6 Å². The van der Waals surface area contributed by atoms with Crippen LogP contribution in [0, 0.1) is 10.1 Å². The second kappa shape index (κ2) is 10.4. The van der Waals surface area contributed by atoms with Crippen molar-refractivity contribution < 1.29 is 13.3 Å². The number of fused-ring (bicyclic) bond motifs is 1. The molecule has 0 saturated carbocycles. The number of aromatic nitrogens is 6. The Morgan fingerprint density at radius 3 is 2.46 bits per heavy atom. The summed E-state index contributed by atoms with van der Waals surface area (Å²) in [4.78, 5) is 23.1. The third-order valence-electron chi connectivity index (χ3n) is 6.21. The van der Waals surface area contributed by atoms with Gasteiger partial charge in [0.25, 0.3) is 10.0 Å². The van der Waals surface area contributed by atoms with Gasteiger partial charge < -0.3 is 15.4 Å². The second-order valence-electron chi connectivity index (χ2n) is 8.90. The summed E-state index contributed by atoms with van der Waals surface area (Å²) in [6, 6.07) is 18.2. The predicted octanol–water partition coefficient (Wildman–Crippen LogP) is 5.28.